The van der Waals surface area contributed by atoms with E-state index >= 15 is 0 Å². The van der Waals surface area contributed by atoms with E-state index in [9.17, 15) is 18.3 Å². The minimum absolute atomic E-state index is 0.145. The molecule has 2 aromatic rings. The number of primary amides is 1. The van der Waals surface area contributed by atoms with Gasteiger partial charge < -0.3 is 10.8 Å². The van der Waals surface area contributed by atoms with Crippen molar-refractivity contribution in [2.75, 3.05) is 0 Å². The first kappa shape index (κ1) is 17.2. The molecule has 0 spiro atoms. The van der Waals surface area contributed by atoms with Gasteiger partial charge in [-0.15, -0.1) is 0 Å². The average molecular weight is 333 g/mol. The van der Waals surface area contributed by atoms with Crippen LogP contribution in [0.1, 0.15) is 13.8 Å². The van der Waals surface area contributed by atoms with Crippen LogP contribution in [0.2, 0.25) is 0 Å². The molecular weight excluding hydrogens is 314 g/mol. The smallest absolute Gasteiger partial charge is 0.266 e. The molecule has 0 saturated heterocycles. The lowest BCUT2D eigenvalue weighted by atomic mass is 10.1. The number of aliphatic hydroxyl groups is 1. The van der Waals surface area contributed by atoms with Crippen LogP contribution in [0.5, 0.6) is 0 Å². The fourth-order valence-corrected chi connectivity index (χ4v) is 4.16. The highest BCUT2D eigenvalue weighted by Gasteiger charge is 2.51. The van der Waals surface area contributed by atoms with Crippen molar-refractivity contribution in [1.29, 1.82) is 0 Å². The van der Waals surface area contributed by atoms with Gasteiger partial charge in [-0.1, -0.05) is 56.3 Å². The highest BCUT2D eigenvalue weighted by atomic mass is 32.2. The molecule has 2 aromatic carbocycles. The van der Waals surface area contributed by atoms with Gasteiger partial charge in [0, 0.05) is 5.92 Å². The van der Waals surface area contributed by atoms with E-state index in [0.29, 0.717) is 5.56 Å². The van der Waals surface area contributed by atoms with E-state index in [4.69, 9.17) is 5.73 Å². The molecule has 0 aromatic heterocycles. The van der Waals surface area contributed by atoms with Crippen LogP contribution in [0.4, 0.5) is 0 Å². The number of carbonyl (C=O) groups excluding carboxylic acids is 1. The fraction of sp³-hybridized carbons (Fsp3) is 0.235. The maximum atomic E-state index is 12.8. The number of amides is 1. The summed E-state index contributed by atoms with van der Waals surface area (Å²) in [6.07, 6.45) is 0. The standard InChI is InChI=1S/C17H19NO4S/c1-12(2)17(20,16(18)19)23(21,22)15-10-6-9-14(11-15)13-7-4-3-5-8-13/h3-12,20H,1-2H3,(H2,18,19). The quantitative estimate of drug-likeness (QED) is 0.874. The SMILES string of the molecule is CC(C)C(O)(C(N)=O)S(=O)(=O)c1cccc(-c2ccccc2)c1. The van der Waals surface area contributed by atoms with Gasteiger partial charge >= 0.3 is 0 Å². The molecule has 122 valence electrons. The van der Waals surface area contributed by atoms with Gasteiger partial charge in [-0.3, -0.25) is 4.79 Å². The summed E-state index contributed by atoms with van der Waals surface area (Å²) in [5, 5.41) is 10.4. The Hall–Kier alpha value is -2.18. The molecule has 0 bridgehead atoms. The van der Waals surface area contributed by atoms with Crippen molar-refractivity contribution in [3.63, 3.8) is 0 Å². The molecule has 0 fully saturated rings. The van der Waals surface area contributed by atoms with Crippen molar-refractivity contribution >= 4 is 15.7 Å². The lowest BCUT2D eigenvalue weighted by molar-refractivity contribution is -0.131. The summed E-state index contributed by atoms with van der Waals surface area (Å²) in [6, 6.07) is 15.3. The molecule has 0 radical (unpaired) electrons. The molecule has 6 heteroatoms. The molecule has 0 aliphatic carbocycles. The Kier molecular flexibility index (Phi) is 4.58. The lowest BCUT2D eigenvalue weighted by Gasteiger charge is -2.28. The van der Waals surface area contributed by atoms with Gasteiger partial charge in [0.15, 0.2) is 0 Å². The van der Waals surface area contributed by atoms with Crippen LogP contribution in [-0.2, 0) is 14.6 Å². The van der Waals surface area contributed by atoms with Gasteiger partial charge in [0.1, 0.15) is 0 Å². The molecule has 2 rings (SSSR count). The Morgan fingerprint density at radius 1 is 1.04 bits per heavy atom. The molecular formula is C17H19NO4S. The molecule has 23 heavy (non-hydrogen) atoms. The Balaban J connectivity index is 2.60. The molecule has 1 atom stereocenters. The van der Waals surface area contributed by atoms with Crippen LogP contribution in [0.25, 0.3) is 11.1 Å². The second kappa shape index (κ2) is 6.14. The highest BCUT2D eigenvalue weighted by Crippen LogP contribution is 2.32. The maximum absolute atomic E-state index is 12.8. The van der Waals surface area contributed by atoms with Crippen molar-refractivity contribution in [3.05, 3.63) is 54.6 Å². The Bertz CT molecular complexity index is 815. The topological polar surface area (TPSA) is 97.5 Å². The van der Waals surface area contributed by atoms with Crippen molar-refractivity contribution in [1.82, 2.24) is 0 Å². The number of sulfone groups is 1. The predicted molar refractivity (Wildman–Crippen MR) is 88.0 cm³/mol. The van der Waals surface area contributed by atoms with Gasteiger partial charge in [0.25, 0.3) is 10.8 Å². The second-order valence-electron chi connectivity index (χ2n) is 5.61. The number of hydrogen-bond acceptors (Lipinski definition) is 4. The summed E-state index contributed by atoms with van der Waals surface area (Å²) in [7, 11) is -4.35. The Morgan fingerprint density at radius 3 is 2.13 bits per heavy atom. The normalized spacial score (nSPS) is 14.4. The van der Waals surface area contributed by atoms with Crippen molar-refractivity contribution in [2.45, 2.75) is 23.7 Å². The van der Waals surface area contributed by atoms with Gasteiger partial charge in [-0.05, 0) is 23.3 Å². The first-order valence-electron chi connectivity index (χ1n) is 7.13. The summed E-state index contributed by atoms with van der Waals surface area (Å²) >= 11 is 0. The summed E-state index contributed by atoms with van der Waals surface area (Å²) in [6.45, 7) is 2.87. The largest absolute Gasteiger partial charge is 0.367 e. The van der Waals surface area contributed by atoms with Gasteiger partial charge in [-0.25, -0.2) is 8.42 Å². The predicted octanol–water partition coefficient (Wildman–Crippen LogP) is 1.96. The van der Waals surface area contributed by atoms with Gasteiger partial charge in [-0.2, -0.15) is 0 Å². The molecule has 0 aliphatic rings. The fourth-order valence-electron chi connectivity index (χ4n) is 2.38. The van der Waals surface area contributed by atoms with Crippen LogP contribution < -0.4 is 5.73 Å². The van der Waals surface area contributed by atoms with Gasteiger partial charge in [0.2, 0.25) is 9.84 Å². The molecule has 0 saturated carbocycles. The van der Waals surface area contributed by atoms with E-state index in [1.54, 1.807) is 12.1 Å². The summed E-state index contributed by atoms with van der Waals surface area (Å²) in [4.78, 5) is 8.84. The summed E-state index contributed by atoms with van der Waals surface area (Å²) < 4.78 is 25.5. The maximum Gasteiger partial charge on any atom is 0.266 e. The summed E-state index contributed by atoms with van der Waals surface area (Å²) in [5.74, 6) is -2.16. The van der Waals surface area contributed by atoms with E-state index in [1.807, 2.05) is 30.3 Å². The first-order chi connectivity index (χ1) is 10.7. The number of hydrogen-bond donors (Lipinski definition) is 2. The second-order valence-corrected chi connectivity index (χ2v) is 7.71. The minimum atomic E-state index is -4.35. The van der Waals surface area contributed by atoms with E-state index in [1.165, 1.54) is 26.0 Å². The zero-order chi connectivity index (χ0) is 17.3. The molecule has 0 heterocycles. The van der Waals surface area contributed by atoms with Crippen molar-refractivity contribution in [3.8, 4) is 11.1 Å². The van der Waals surface area contributed by atoms with Crippen LogP contribution in [-0.4, -0.2) is 24.4 Å². The van der Waals surface area contributed by atoms with E-state index < -0.39 is 26.6 Å². The zero-order valence-electron chi connectivity index (χ0n) is 12.9. The van der Waals surface area contributed by atoms with Crippen molar-refractivity contribution in [2.24, 2.45) is 11.7 Å². The lowest BCUT2D eigenvalue weighted by Crippen LogP contribution is -2.54. The third kappa shape index (κ3) is 2.87. The van der Waals surface area contributed by atoms with Gasteiger partial charge in [0.05, 0.1) is 4.90 Å². The molecule has 1 unspecified atom stereocenters. The Morgan fingerprint density at radius 2 is 1.61 bits per heavy atom. The summed E-state index contributed by atoms with van der Waals surface area (Å²) in [5.41, 5.74) is 6.68. The van der Waals surface area contributed by atoms with Crippen LogP contribution in [0.15, 0.2) is 59.5 Å². The molecule has 3 N–H and O–H groups in total. The number of benzene rings is 2. The van der Waals surface area contributed by atoms with Crippen LogP contribution in [0, 0.1) is 5.92 Å². The number of nitrogens with two attached hydrogens (primary N) is 1. The average Bonchev–Trinajstić information content (AvgIpc) is 2.54. The number of carbonyl (C=O) groups is 1. The first-order valence-corrected chi connectivity index (χ1v) is 8.62. The van der Waals surface area contributed by atoms with Crippen LogP contribution >= 0.6 is 0 Å². The van der Waals surface area contributed by atoms with E-state index in [0.717, 1.165) is 5.56 Å². The number of rotatable bonds is 5. The monoisotopic (exact) mass is 333 g/mol. The Labute approximate surface area is 135 Å². The zero-order valence-corrected chi connectivity index (χ0v) is 13.7. The third-order valence-electron chi connectivity index (χ3n) is 3.80. The minimum Gasteiger partial charge on any atom is -0.367 e. The van der Waals surface area contributed by atoms with Crippen LogP contribution in [0.3, 0.4) is 0 Å². The van der Waals surface area contributed by atoms with Crippen molar-refractivity contribution < 1.29 is 18.3 Å². The van der Waals surface area contributed by atoms with E-state index in [-0.39, 0.29) is 4.90 Å². The van der Waals surface area contributed by atoms with E-state index in [2.05, 4.69) is 0 Å². The highest BCUT2D eigenvalue weighted by molar-refractivity contribution is 7.93. The third-order valence-corrected chi connectivity index (χ3v) is 6.16. The molecule has 0 aliphatic heterocycles. The molecule has 5 nitrogen and oxygen atoms in total. The molecule has 1 amide bonds.